The van der Waals surface area contributed by atoms with Gasteiger partial charge in [-0.1, -0.05) is 36.9 Å². The van der Waals surface area contributed by atoms with E-state index in [1.807, 2.05) is 77.9 Å². The molecule has 0 fully saturated rings. The van der Waals surface area contributed by atoms with Crippen molar-refractivity contribution in [2.24, 2.45) is 0 Å². The van der Waals surface area contributed by atoms with Gasteiger partial charge in [0.05, 0.1) is 21.8 Å². The summed E-state index contributed by atoms with van der Waals surface area (Å²) in [6, 6.07) is 16.6. The van der Waals surface area contributed by atoms with E-state index in [2.05, 4.69) is 5.32 Å². The molecule has 0 saturated carbocycles. The molecular weight excluding hydrogens is 494 g/mol. The van der Waals surface area contributed by atoms with Gasteiger partial charge >= 0.3 is 0 Å². The molecular formula is C31H33N3O3S. The summed E-state index contributed by atoms with van der Waals surface area (Å²) in [4.78, 5) is 44.6. The van der Waals surface area contributed by atoms with E-state index in [1.165, 1.54) is 11.8 Å². The smallest absolute Gasteiger partial charge is 0.266 e. The monoisotopic (exact) mass is 527 g/mol. The summed E-state index contributed by atoms with van der Waals surface area (Å²) in [5, 5.41) is 3.19. The molecule has 6 nitrogen and oxygen atoms in total. The number of aryl methyl sites for hydroxylation is 4. The van der Waals surface area contributed by atoms with Crippen molar-refractivity contribution in [1.29, 1.82) is 0 Å². The number of nitrogens with zero attached hydrogens (tertiary/aromatic N) is 2. The molecule has 0 aliphatic rings. The summed E-state index contributed by atoms with van der Waals surface area (Å²) in [5.74, 6) is -0.242. The second-order valence-corrected chi connectivity index (χ2v) is 11.1. The van der Waals surface area contributed by atoms with E-state index in [-0.39, 0.29) is 17.2 Å². The minimum absolute atomic E-state index is 0.0351. The zero-order chi connectivity index (χ0) is 27.6. The van der Waals surface area contributed by atoms with E-state index in [9.17, 15) is 14.4 Å². The lowest BCUT2D eigenvalue weighted by molar-refractivity contribution is 0.0952. The van der Waals surface area contributed by atoms with E-state index < -0.39 is 5.25 Å². The lowest BCUT2D eigenvalue weighted by Crippen LogP contribution is -2.25. The lowest BCUT2D eigenvalue weighted by atomic mass is 10.0. The topological polar surface area (TPSA) is 81.1 Å². The maximum absolute atomic E-state index is 13.9. The number of amides is 1. The highest BCUT2D eigenvalue weighted by Crippen LogP contribution is 2.28. The van der Waals surface area contributed by atoms with Crippen LogP contribution in [0.5, 0.6) is 0 Å². The molecule has 4 rings (SSSR count). The van der Waals surface area contributed by atoms with E-state index >= 15 is 0 Å². The minimum Gasteiger partial charge on any atom is -0.352 e. The van der Waals surface area contributed by atoms with Crippen LogP contribution in [-0.4, -0.2) is 33.0 Å². The van der Waals surface area contributed by atoms with Crippen molar-refractivity contribution < 1.29 is 9.59 Å². The van der Waals surface area contributed by atoms with E-state index in [0.29, 0.717) is 39.4 Å². The standard InChI is InChI=1S/C31H33N3O3S/c1-7-12-32-29(36)24-10-11-26-27(17-24)33-31(34(30(26)37)25-14-18(2)13-19(3)15-25)38-22(6)28(35)23-9-8-20(4)21(5)16-23/h8-11,13-17,22H,7,12H2,1-6H3,(H,32,36). The third kappa shape index (κ3) is 5.73. The Kier molecular flexibility index (Phi) is 8.17. The van der Waals surface area contributed by atoms with Crippen LogP contribution in [0.3, 0.4) is 0 Å². The van der Waals surface area contributed by atoms with Crippen LogP contribution >= 0.6 is 11.8 Å². The average molecular weight is 528 g/mol. The minimum atomic E-state index is -0.491. The number of rotatable bonds is 8. The van der Waals surface area contributed by atoms with Crippen molar-refractivity contribution >= 4 is 34.4 Å². The van der Waals surface area contributed by atoms with Crippen LogP contribution < -0.4 is 10.9 Å². The predicted molar refractivity (Wildman–Crippen MR) is 155 cm³/mol. The number of nitrogens with one attached hydrogen (secondary N) is 1. The molecule has 0 aliphatic heterocycles. The Morgan fingerprint density at radius 2 is 1.61 bits per heavy atom. The Morgan fingerprint density at radius 3 is 2.26 bits per heavy atom. The molecule has 0 spiro atoms. The number of hydrogen-bond donors (Lipinski definition) is 1. The molecule has 7 heteroatoms. The van der Waals surface area contributed by atoms with Gasteiger partial charge in [0.2, 0.25) is 0 Å². The van der Waals surface area contributed by atoms with Gasteiger partial charge in [0.25, 0.3) is 11.5 Å². The Balaban J connectivity index is 1.84. The number of carbonyl (C=O) groups excluding carboxylic acids is 2. The second kappa shape index (κ2) is 11.4. The van der Waals surface area contributed by atoms with Gasteiger partial charge in [-0.3, -0.25) is 19.0 Å². The van der Waals surface area contributed by atoms with Crippen molar-refractivity contribution in [2.45, 2.75) is 58.4 Å². The number of fused-ring (bicyclic) bond motifs is 1. The third-order valence-electron chi connectivity index (χ3n) is 6.54. The van der Waals surface area contributed by atoms with E-state index in [4.69, 9.17) is 4.98 Å². The quantitative estimate of drug-likeness (QED) is 0.170. The van der Waals surface area contributed by atoms with E-state index in [1.54, 1.807) is 22.8 Å². The number of hydrogen-bond acceptors (Lipinski definition) is 5. The first-order valence-corrected chi connectivity index (χ1v) is 13.7. The maximum Gasteiger partial charge on any atom is 0.266 e. The van der Waals surface area contributed by atoms with Crippen molar-refractivity contribution in [3.05, 3.63) is 98.3 Å². The number of thioether (sulfide) groups is 1. The summed E-state index contributed by atoms with van der Waals surface area (Å²) in [6.45, 7) is 12.4. The molecule has 38 heavy (non-hydrogen) atoms. The van der Waals surface area contributed by atoms with Crippen LogP contribution in [0.25, 0.3) is 16.6 Å². The molecule has 1 unspecified atom stereocenters. The first-order valence-electron chi connectivity index (χ1n) is 12.8. The molecule has 1 heterocycles. The van der Waals surface area contributed by atoms with Gasteiger partial charge in [0, 0.05) is 17.7 Å². The van der Waals surface area contributed by atoms with Crippen LogP contribution in [0.2, 0.25) is 0 Å². The SMILES string of the molecule is CCCNC(=O)c1ccc2c(=O)n(-c3cc(C)cc(C)c3)c(SC(C)C(=O)c3ccc(C)c(C)c3)nc2c1. The molecule has 0 radical (unpaired) electrons. The fraction of sp³-hybridized carbons (Fsp3) is 0.290. The van der Waals surface area contributed by atoms with Gasteiger partial charge in [-0.2, -0.15) is 0 Å². The lowest BCUT2D eigenvalue weighted by Gasteiger charge is -2.17. The molecule has 4 aromatic rings. The summed E-state index contributed by atoms with van der Waals surface area (Å²) in [7, 11) is 0. The Hall–Kier alpha value is -3.71. The zero-order valence-electron chi connectivity index (χ0n) is 22.7. The molecule has 1 atom stereocenters. The van der Waals surface area contributed by atoms with Gasteiger partial charge in [-0.25, -0.2) is 4.98 Å². The van der Waals surface area contributed by atoms with Crippen LogP contribution in [-0.2, 0) is 0 Å². The zero-order valence-corrected chi connectivity index (χ0v) is 23.5. The number of benzene rings is 3. The molecule has 1 amide bonds. The predicted octanol–water partition coefficient (Wildman–Crippen LogP) is 6.12. The molecule has 0 saturated heterocycles. The third-order valence-corrected chi connectivity index (χ3v) is 7.60. The van der Waals surface area contributed by atoms with Gasteiger partial charge in [-0.15, -0.1) is 0 Å². The summed E-state index contributed by atoms with van der Waals surface area (Å²) in [5.41, 5.74) is 6.16. The number of carbonyl (C=O) groups is 2. The van der Waals surface area contributed by atoms with Crippen molar-refractivity contribution in [1.82, 2.24) is 14.9 Å². The first kappa shape index (κ1) is 27.3. The highest BCUT2D eigenvalue weighted by atomic mass is 32.2. The maximum atomic E-state index is 13.9. The summed E-state index contributed by atoms with van der Waals surface area (Å²) in [6.07, 6.45) is 0.825. The number of ketones is 1. The molecule has 0 aliphatic carbocycles. The largest absolute Gasteiger partial charge is 0.352 e. The summed E-state index contributed by atoms with van der Waals surface area (Å²) < 4.78 is 1.58. The van der Waals surface area contributed by atoms with Crippen LogP contribution in [0.1, 0.15) is 63.2 Å². The van der Waals surface area contributed by atoms with Crippen molar-refractivity contribution in [3.8, 4) is 5.69 Å². The van der Waals surface area contributed by atoms with Crippen molar-refractivity contribution in [3.63, 3.8) is 0 Å². The fourth-order valence-corrected chi connectivity index (χ4v) is 5.38. The Bertz CT molecular complexity index is 1590. The first-order chi connectivity index (χ1) is 18.1. The molecule has 1 aromatic heterocycles. The number of Topliss-reactive ketones (excluding diaryl/α,β-unsaturated/α-hetero) is 1. The average Bonchev–Trinajstić information content (AvgIpc) is 2.87. The van der Waals surface area contributed by atoms with Crippen LogP contribution in [0.15, 0.2) is 64.5 Å². The highest BCUT2D eigenvalue weighted by Gasteiger charge is 2.22. The van der Waals surface area contributed by atoms with Gasteiger partial charge in [0.1, 0.15) is 0 Å². The molecule has 0 bridgehead atoms. The normalized spacial score (nSPS) is 11.9. The Morgan fingerprint density at radius 1 is 0.921 bits per heavy atom. The highest BCUT2D eigenvalue weighted by molar-refractivity contribution is 8.00. The fourth-order valence-electron chi connectivity index (χ4n) is 4.37. The molecule has 196 valence electrons. The molecule has 3 aromatic carbocycles. The van der Waals surface area contributed by atoms with Crippen LogP contribution in [0, 0.1) is 27.7 Å². The van der Waals surface area contributed by atoms with E-state index in [0.717, 1.165) is 28.7 Å². The van der Waals surface area contributed by atoms with Gasteiger partial charge < -0.3 is 5.32 Å². The molecule has 1 N–H and O–H groups in total. The Labute approximate surface area is 227 Å². The van der Waals surface area contributed by atoms with Gasteiger partial charge in [-0.05, 0) is 99.7 Å². The summed E-state index contributed by atoms with van der Waals surface area (Å²) >= 11 is 1.25. The number of aromatic nitrogens is 2. The van der Waals surface area contributed by atoms with Crippen molar-refractivity contribution in [2.75, 3.05) is 6.54 Å². The van der Waals surface area contributed by atoms with Gasteiger partial charge in [0.15, 0.2) is 10.9 Å². The van der Waals surface area contributed by atoms with Crippen LogP contribution in [0.4, 0.5) is 0 Å². The second-order valence-electron chi connectivity index (χ2n) is 9.79.